The summed E-state index contributed by atoms with van der Waals surface area (Å²) in [6.07, 6.45) is 5.71. The average Bonchev–Trinajstić information content (AvgIpc) is 2.81. The number of nitrogens with one attached hydrogen (secondary N) is 1. The van der Waals surface area contributed by atoms with Crippen LogP contribution in [0.2, 0.25) is 0 Å². The molecule has 0 saturated heterocycles. The third-order valence-corrected chi connectivity index (χ3v) is 5.94. The maximum Gasteiger partial charge on any atom is 0.344 e. The van der Waals surface area contributed by atoms with Crippen LogP contribution in [0.25, 0.3) is 11.0 Å². The lowest BCUT2D eigenvalue weighted by Gasteiger charge is -2.29. The molecule has 0 radical (unpaired) electrons. The Balaban J connectivity index is 1.85. The molecule has 31 heavy (non-hydrogen) atoms. The van der Waals surface area contributed by atoms with Crippen LogP contribution in [0, 0.1) is 5.92 Å². The number of para-hydroxylation sites is 1. The van der Waals surface area contributed by atoms with Gasteiger partial charge in [-0.2, -0.15) is 0 Å². The molecule has 1 saturated carbocycles. The van der Waals surface area contributed by atoms with Crippen LogP contribution in [0.3, 0.4) is 0 Å². The van der Waals surface area contributed by atoms with E-state index in [0.29, 0.717) is 23.4 Å². The summed E-state index contributed by atoms with van der Waals surface area (Å²) in [5.74, 6) is -2.16. The van der Waals surface area contributed by atoms with E-state index in [1.165, 1.54) is 20.6 Å². The van der Waals surface area contributed by atoms with Crippen molar-refractivity contribution in [1.82, 2.24) is 5.32 Å². The van der Waals surface area contributed by atoms with Crippen LogP contribution in [-0.2, 0) is 19.1 Å². The van der Waals surface area contributed by atoms with Crippen molar-refractivity contribution in [2.24, 2.45) is 5.92 Å². The Morgan fingerprint density at radius 1 is 1.10 bits per heavy atom. The summed E-state index contributed by atoms with van der Waals surface area (Å²) in [6.45, 7) is 0.582. The Labute approximate surface area is 179 Å². The third-order valence-electron chi connectivity index (χ3n) is 5.94. The van der Waals surface area contributed by atoms with Crippen LogP contribution in [0.5, 0.6) is 5.75 Å². The van der Waals surface area contributed by atoms with Crippen molar-refractivity contribution in [3.05, 3.63) is 51.7 Å². The molecule has 2 aliphatic rings. The van der Waals surface area contributed by atoms with Crippen molar-refractivity contribution in [1.29, 1.82) is 0 Å². The molecule has 1 aliphatic carbocycles. The van der Waals surface area contributed by atoms with Crippen molar-refractivity contribution in [2.75, 3.05) is 20.8 Å². The lowest BCUT2D eigenvalue weighted by atomic mass is 9.88. The van der Waals surface area contributed by atoms with Crippen molar-refractivity contribution in [2.45, 2.75) is 38.0 Å². The van der Waals surface area contributed by atoms with Crippen molar-refractivity contribution < 1.29 is 28.2 Å². The molecule has 1 atom stereocenters. The Morgan fingerprint density at radius 3 is 2.55 bits per heavy atom. The van der Waals surface area contributed by atoms with Gasteiger partial charge in [0.05, 0.1) is 19.6 Å². The van der Waals surface area contributed by atoms with E-state index in [1.807, 2.05) is 0 Å². The molecule has 164 valence electrons. The van der Waals surface area contributed by atoms with Gasteiger partial charge < -0.3 is 23.9 Å². The molecule has 0 bridgehead atoms. The zero-order chi connectivity index (χ0) is 22.0. The fourth-order valence-electron chi connectivity index (χ4n) is 4.36. The first kappa shape index (κ1) is 21.0. The standard InChI is InChI=1S/C23H25NO7/c1-28-21(25)16-17-19(14-10-6-7-11-15(14)30-23(17)27)31-20(18(16)22(26)29-2)24-12-13-8-4-3-5-9-13/h6-7,10-11,13,16,24H,3-5,8-9,12H2,1-2H3. The van der Waals surface area contributed by atoms with Gasteiger partial charge in [-0.3, -0.25) is 4.79 Å². The second kappa shape index (κ2) is 8.83. The Kier molecular flexibility index (Phi) is 5.97. The highest BCUT2D eigenvalue weighted by molar-refractivity contribution is 6.01. The second-order valence-corrected chi connectivity index (χ2v) is 7.81. The fraction of sp³-hybridized carbons (Fsp3) is 0.435. The van der Waals surface area contributed by atoms with E-state index >= 15 is 0 Å². The van der Waals surface area contributed by atoms with Crippen molar-refractivity contribution in [3.63, 3.8) is 0 Å². The topological polar surface area (TPSA) is 104 Å². The predicted molar refractivity (Wildman–Crippen MR) is 111 cm³/mol. The lowest BCUT2D eigenvalue weighted by molar-refractivity contribution is -0.145. The molecular formula is C23H25NO7. The van der Waals surface area contributed by atoms with E-state index in [1.54, 1.807) is 24.3 Å². The number of carbonyl (C=O) groups excluding carboxylic acids is 2. The van der Waals surface area contributed by atoms with Gasteiger partial charge in [0.25, 0.3) is 0 Å². The van der Waals surface area contributed by atoms with E-state index in [0.717, 1.165) is 25.7 Å². The summed E-state index contributed by atoms with van der Waals surface area (Å²) < 4.78 is 21.3. The van der Waals surface area contributed by atoms with E-state index in [4.69, 9.17) is 18.6 Å². The number of methoxy groups -OCH3 is 2. The SMILES string of the molecule is COC(=O)C1=C(NCC2CCCCC2)Oc2c(c(=O)oc3ccccc23)C1C(=O)OC. The monoisotopic (exact) mass is 427 g/mol. The Hall–Kier alpha value is -3.29. The van der Waals surface area contributed by atoms with Gasteiger partial charge in [-0.1, -0.05) is 31.4 Å². The quantitative estimate of drug-likeness (QED) is 0.574. The lowest BCUT2D eigenvalue weighted by Crippen LogP contribution is -2.37. The van der Waals surface area contributed by atoms with Gasteiger partial charge in [0.1, 0.15) is 22.6 Å². The van der Waals surface area contributed by atoms with Gasteiger partial charge in [0.15, 0.2) is 5.75 Å². The summed E-state index contributed by atoms with van der Waals surface area (Å²) in [4.78, 5) is 38.3. The molecule has 2 aromatic rings. The number of fused-ring (bicyclic) bond motifs is 3. The maximum absolute atomic E-state index is 12.8. The highest BCUT2D eigenvalue weighted by Crippen LogP contribution is 2.42. The van der Waals surface area contributed by atoms with Crippen LogP contribution >= 0.6 is 0 Å². The zero-order valence-electron chi connectivity index (χ0n) is 17.6. The van der Waals surface area contributed by atoms with Gasteiger partial charge in [-0.05, 0) is 30.9 Å². The van der Waals surface area contributed by atoms with Crippen LogP contribution in [-0.4, -0.2) is 32.7 Å². The zero-order valence-corrected chi connectivity index (χ0v) is 17.6. The van der Waals surface area contributed by atoms with E-state index in [-0.39, 0.29) is 22.8 Å². The fourth-order valence-corrected chi connectivity index (χ4v) is 4.36. The van der Waals surface area contributed by atoms with Gasteiger partial charge in [-0.25, -0.2) is 9.59 Å². The van der Waals surface area contributed by atoms with Gasteiger partial charge in [-0.15, -0.1) is 0 Å². The molecule has 1 aromatic heterocycles. The number of ether oxygens (including phenoxy) is 3. The number of benzene rings is 1. The molecule has 0 amide bonds. The molecule has 1 aromatic carbocycles. The minimum atomic E-state index is -1.32. The number of hydrogen-bond donors (Lipinski definition) is 1. The first-order valence-electron chi connectivity index (χ1n) is 10.4. The number of carbonyl (C=O) groups is 2. The second-order valence-electron chi connectivity index (χ2n) is 7.81. The van der Waals surface area contributed by atoms with Crippen molar-refractivity contribution >= 4 is 22.9 Å². The molecule has 8 heteroatoms. The molecule has 1 N–H and O–H groups in total. The van der Waals surface area contributed by atoms with Crippen molar-refractivity contribution in [3.8, 4) is 5.75 Å². The van der Waals surface area contributed by atoms with Crippen LogP contribution in [0.4, 0.5) is 0 Å². The van der Waals surface area contributed by atoms with E-state index < -0.39 is 23.5 Å². The largest absolute Gasteiger partial charge is 0.468 e. The third kappa shape index (κ3) is 3.89. The molecule has 4 rings (SSSR count). The predicted octanol–water partition coefficient (Wildman–Crippen LogP) is 3.00. The average molecular weight is 427 g/mol. The summed E-state index contributed by atoms with van der Waals surface area (Å²) in [6, 6.07) is 6.87. The van der Waals surface area contributed by atoms with E-state index in [2.05, 4.69) is 5.32 Å². The first-order chi connectivity index (χ1) is 15.0. The summed E-state index contributed by atoms with van der Waals surface area (Å²) in [7, 11) is 2.41. The van der Waals surface area contributed by atoms with Crippen LogP contribution < -0.4 is 15.7 Å². The first-order valence-corrected chi connectivity index (χ1v) is 10.4. The van der Waals surface area contributed by atoms with E-state index in [9.17, 15) is 14.4 Å². The summed E-state index contributed by atoms with van der Waals surface area (Å²) in [5, 5.41) is 3.73. The minimum Gasteiger partial charge on any atom is -0.468 e. The summed E-state index contributed by atoms with van der Waals surface area (Å²) in [5.41, 5.74) is -0.616. The van der Waals surface area contributed by atoms with Gasteiger partial charge in [0.2, 0.25) is 5.88 Å². The smallest absolute Gasteiger partial charge is 0.344 e. The molecule has 8 nitrogen and oxygen atoms in total. The molecule has 1 unspecified atom stereocenters. The minimum absolute atomic E-state index is 0.0748. The summed E-state index contributed by atoms with van der Waals surface area (Å²) >= 11 is 0. The highest BCUT2D eigenvalue weighted by atomic mass is 16.5. The molecule has 1 aliphatic heterocycles. The van der Waals surface area contributed by atoms with Crippen LogP contribution in [0.1, 0.15) is 43.6 Å². The van der Waals surface area contributed by atoms with Gasteiger partial charge >= 0.3 is 17.6 Å². The Morgan fingerprint density at radius 2 is 1.84 bits per heavy atom. The number of hydrogen-bond acceptors (Lipinski definition) is 8. The molecule has 2 heterocycles. The highest BCUT2D eigenvalue weighted by Gasteiger charge is 2.44. The Bertz CT molecular complexity index is 1090. The normalized spacial score (nSPS) is 18.8. The number of rotatable bonds is 5. The van der Waals surface area contributed by atoms with Gasteiger partial charge in [0, 0.05) is 6.54 Å². The molecule has 0 spiro atoms. The molecular weight excluding hydrogens is 402 g/mol. The van der Waals surface area contributed by atoms with Crippen LogP contribution in [0.15, 0.2) is 44.9 Å². The number of esters is 2. The maximum atomic E-state index is 12.8. The molecule has 1 fully saturated rings.